The first-order valence-electron chi connectivity index (χ1n) is 7.52. The fourth-order valence-electron chi connectivity index (χ4n) is 2.22. The van der Waals surface area contributed by atoms with Gasteiger partial charge in [0.15, 0.2) is 0 Å². The van der Waals surface area contributed by atoms with Gasteiger partial charge in [0.1, 0.15) is 5.82 Å². The van der Waals surface area contributed by atoms with Crippen molar-refractivity contribution in [3.63, 3.8) is 0 Å². The van der Waals surface area contributed by atoms with Crippen molar-refractivity contribution in [2.45, 2.75) is 26.3 Å². The Morgan fingerprint density at radius 3 is 2.73 bits per heavy atom. The van der Waals surface area contributed by atoms with Gasteiger partial charge >= 0.3 is 0 Å². The number of anilines is 1. The van der Waals surface area contributed by atoms with Crippen LogP contribution in [0.1, 0.15) is 24.5 Å². The molecule has 0 aromatic heterocycles. The van der Waals surface area contributed by atoms with Crippen LogP contribution in [0.15, 0.2) is 48.5 Å². The lowest BCUT2D eigenvalue weighted by Gasteiger charge is -2.11. The van der Waals surface area contributed by atoms with Crippen molar-refractivity contribution in [3.05, 3.63) is 65.5 Å². The molecule has 0 fully saturated rings. The third-order valence-corrected chi connectivity index (χ3v) is 3.39. The maximum atomic E-state index is 13.1. The van der Waals surface area contributed by atoms with Crippen molar-refractivity contribution in [1.29, 1.82) is 0 Å². The van der Waals surface area contributed by atoms with E-state index in [0.29, 0.717) is 12.8 Å². The van der Waals surface area contributed by atoms with Gasteiger partial charge in [-0.2, -0.15) is 0 Å². The number of hydrogen-bond acceptors (Lipinski definition) is 2. The van der Waals surface area contributed by atoms with E-state index in [1.807, 2.05) is 37.3 Å². The molecule has 0 spiro atoms. The molecule has 22 heavy (non-hydrogen) atoms. The molecular weight excluding hydrogens is 279 g/mol. The number of amides is 1. The molecule has 0 saturated carbocycles. The van der Waals surface area contributed by atoms with E-state index in [2.05, 4.69) is 10.6 Å². The molecule has 0 bridgehead atoms. The smallest absolute Gasteiger partial charge is 0.224 e. The summed E-state index contributed by atoms with van der Waals surface area (Å²) < 4.78 is 13.1. The average molecular weight is 300 g/mol. The Kier molecular flexibility index (Phi) is 6.10. The summed E-state index contributed by atoms with van der Waals surface area (Å²) >= 11 is 0. The van der Waals surface area contributed by atoms with Crippen LogP contribution in [-0.4, -0.2) is 12.5 Å². The highest BCUT2D eigenvalue weighted by Crippen LogP contribution is 2.15. The van der Waals surface area contributed by atoms with Gasteiger partial charge in [0.2, 0.25) is 5.91 Å². The van der Waals surface area contributed by atoms with Crippen LogP contribution in [0.25, 0.3) is 0 Å². The van der Waals surface area contributed by atoms with Crippen molar-refractivity contribution in [2.75, 3.05) is 11.9 Å². The summed E-state index contributed by atoms with van der Waals surface area (Å²) in [5.74, 6) is -0.331. The Morgan fingerprint density at radius 2 is 1.95 bits per heavy atom. The van der Waals surface area contributed by atoms with E-state index in [0.717, 1.165) is 29.9 Å². The fraction of sp³-hybridized carbons (Fsp3) is 0.278. The molecule has 4 heteroatoms. The van der Waals surface area contributed by atoms with Crippen molar-refractivity contribution < 1.29 is 9.18 Å². The highest BCUT2D eigenvalue weighted by Gasteiger charge is 2.07. The van der Waals surface area contributed by atoms with E-state index >= 15 is 0 Å². The van der Waals surface area contributed by atoms with E-state index in [9.17, 15) is 9.18 Å². The molecule has 0 heterocycles. The monoisotopic (exact) mass is 300 g/mol. The summed E-state index contributed by atoms with van der Waals surface area (Å²) in [5, 5.41) is 6.18. The van der Waals surface area contributed by atoms with E-state index in [-0.39, 0.29) is 11.7 Å². The summed E-state index contributed by atoms with van der Waals surface area (Å²) in [5.41, 5.74) is 2.72. The molecule has 0 aliphatic carbocycles. The summed E-state index contributed by atoms with van der Waals surface area (Å²) in [7, 11) is 0. The molecule has 0 aliphatic rings. The Hall–Kier alpha value is -2.20. The number of benzene rings is 2. The zero-order chi connectivity index (χ0) is 15.8. The number of para-hydroxylation sites is 1. The van der Waals surface area contributed by atoms with Gasteiger partial charge in [-0.25, -0.2) is 4.39 Å². The summed E-state index contributed by atoms with van der Waals surface area (Å²) in [6, 6.07) is 14.1. The molecule has 0 unspecified atom stereocenters. The zero-order valence-corrected chi connectivity index (χ0v) is 12.7. The van der Waals surface area contributed by atoms with Gasteiger partial charge < -0.3 is 10.6 Å². The van der Waals surface area contributed by atoms with Gasteiger partial charge in [0.05, 0.1) is 0 Å². The lowest BCUT2D eigenvalue weighted by atomic mass is 10.1. The first kappa shape index (κ1) is 16.2. The van der Waals surface area contributed by atoms with E-state index in [1.165, 1.54) is 12.1 Å². The molecule has 0 aliphatic heterocycles. The minimum atomic E-state index is -0.270. The number of carbonyl (C=O) groups is 1. The molecule has 2 aromatic rings. The van der Waals surface area contributed by atoms with Crippen LogP contribution in [0.2, 0.25) is 0 Å². The molecule has 116 valence electrons. The largest absolute Gasteiger partial charge is 0.326 e. The second kappa shape index (κ2) is 8.29. The topological polar surface area (TPSA) is 41.1 Å². The second-order valence-corrected chi connectivity index (χ2v) is 5.12. The number of hydrogen-bond donors (Lipinski definition) is 2. The second-order valence-electron chi connectivity index (χ2n) is 5.12. The first-order chi connectivity index (χ1) is 10.7. The maximum Gasteiger partial charge on any atom is 0.224 e. The Bertz CT molecular complexity index is 628. The Morgan fingerprint density at radius 1 is 1.14 bits per heavy atom. The van der Waals surface area contributed by atoms with Crippen molar-refractivity contribution >= 4 is 11.6 Å². The quantitative estimate of drug-likeness (QED) is 0.821. The Labute approximate surface area is 130 Å². The van der Waals surface area contributed by atoms with Crippen LogP contribution >= 0.6 is 0 Å². The maximum absolute atomic E-state index is 13.1. The van der Waals surface area contributed by atoms with Crippen molar-refractivity contribution in [3.8, 4) is 0 Å². The summed E-state index contributed by atoms with van der Waals surface area (Å²) in [6.45, 7) is 3.64. The zero-order valence-electron chi connectivity index (χ0n) is 12.7. The molecule has 1 amide bonds. The van der Waals surface area contributed by atoms with Gasteiger partial charge in [0.25, 0.3) is 0 Å². The lowest BCUT2D eigenvalue weighted by molar-refractivity contribution is -0.116. The first-order valence-corrected chi connectivity index (χ1v) is 7.52. The molecule has 0 radical (unpaired) electrons. The molecule has 3 nitrogen and oxygen atoms in total. The van der Waals surface area contributed by atoms with Crippen LogP contribution < -0.4 is 10.6 Å². The summed E-state index contributed by atoms with van der Waals surface area (Å²) in [4.78, 5) is 12.1. The van der Waals surface area contributed by atoms with Crippen LogP contribution in [0, 0.1) is 5.82 Å². The molecule has 2 aromatic carbocycles. The number of halogens is 1. The van der Waals surface area contributed by atoms with Crippen molar-refractivity contribution in [1.82, 2.24) is 5.32 Å². The Balaban J connectivity index is 1.92. The SMILES string of the molecule is CCNCc1ccccc1NC(=O)CCc1cccc(F)c1. The van der Waals surface area contributed by atoms with Crippen LogP contribution in [0.4, 0.5) is 10.1 Å². The number of rotatable bonds is 7. The third-order valence-electron chi connectivity index (χ3n) is 3.39. The number of carbonyl (C=O) groups excluding carboxylic acids is 1. The normalized spacial score (nSPS) is 10.5. The lowest BCUT2D eigenvalue weighted by Crippen LogP contribution is -2.17. The fourth-order valence-corrected chi connectivity index (χ4v) is 2.22. The van der Waals surface area contributed by atoms with Gasteiger partial charge in [-0.05, 0) is 42.3 Å². The predicted molar refractivity (Wildman–Crippen MR) is 87.2 cm³/mol. The third kappa shape index (κ3) is 4.97. The molecule has 2 rings (SSSR count). The van der Waals surface area contributed by atoms with Gasteiger partial charge in [0, 0.05) is 18.7 Å². The van der Waals surface area contributed by atoms with E-state index in [1.54, 1.807) is 6.07 Å². The van der Waals surface area contributed by atoms with Crippen LogP contribution in [0.5, 0.6) is 0 Å². The van der Waals surface area contributed by atoms with Crippen molar-refractivity contribution in [2.24, 2.45) is 0 Å². The highest BCUT2D eigenvalue weighted by atomic mass is 19.1. The van der Waals surface area contributed by atoms with Crippen LogP contribution in [-0.2, 0) is 17.8 Å². The number of aryl methyl sites for hydroxylation is 1. The molecule has 2 N–H and O–H groups in total. The minimum absolute atomic E-state index is 0.0618. The molecule has 0 saturated heterocycles. The standard InChI is InChI=1S/C18H21FN2O/c1-2-20-13-15-7-3-4-9-17(15)21-18(22)11-10-14-6-5-8-16(19)12-14/h3-9,12,20H,2,10-11,13H2,1H3,(H,21,22). The predicted octanol–water partition coefficient (Wildman–Crippen LogP) is 3.51. The average Bonchev–Trinajstić information content (AvgIpc) is 2.52. The van der Waals surface area contributed by atoms with Gasteiger partial charge in [-0.3, -0.25) is 4.79 Å². The molecule has 0 atom stereocenters. The van der Waals surface area contributed by atoms with Gasteiger partial charge in [-0.1, -0.05) is 37.3 Å². The van der Waals surface area contributed by atoms with Gasteiger partial charge in [-0.15, -0.1) is 0 Å². The minimum Gasteiger partial charge on any atom is -0.326 e. The van der Waals surface area contributed by atoms with Crippen LogP contribution in [0.3, 0.4) is 0 Å². The molecular formula is C18H21FN2O. The van der Waals surface area contributed by atoms with E-state index in [4.69, 9.17) is 0 Å². The highest BCUT2D eigenvalue weighted by molar-refractivity contribution is 5.91. The number of nitrogens with one attached hydrogen (secondary N) is 2. The van der Waals surface area contributed by atoms with E-state index < -0.39 is 0 Å². The summed E-state index contributed by atoms with van der Waals surface area (Å²) in [6.07, 6.45) is 0.859.